The summed E-state index contributed by atoms with van der Waals surface area (Å²) in [7, 11) is 0. The molecule has 4 atom stereocenters. The van der Waals surface area contributed by atoms with Crippen LogP contribution in [0.2, 0.25) is 0 Å². The smallest absolute Gasteiger partial charge is 0.377 e. The van der Waals surface area contributed by atoms with Gasteiger partial charge in [0.15, 0.2) is 18.0 Å². The molecule has 11 heteroatoms. The largest absolute Gasteiger partial charge is 0.417 e. The lowest BCUT2D eigenvalue weighted by Crippen LogP contribution is -2.60. The van der Waals surface area contributed by atoms with Gasteiger partial charge in [0.1, 0.15) is 12.2 Å². The molecule has 51 heavy (non-hydrogen) atoms. The summed E-state index contributed by atoms with van der Waals surface area (Å²) in [4.78, 5) is 41.7. The lowest BCUT2D eigenvalue weighted by atomic mass is 9.91. The number of carbonyl (C=O) groups is 3. The van der Waals surface area contributed by atoms with Crippen LogP contribution in [0.5, 0.6) is 0 Å². The Bertz CT molecular complexity index is 1620. The first-order chi connectivity index (χ1) is 24.9. The zero-order valence-corrected chi connectivity index (χ0v) is 28.4. The minimum atomic E-state index is -2.35. The number of hydrogen-bond donors (Lipinski definition) is 2. The number of hydrogen-bond acceptors (Lipinski definition) is 10. The molecule has 1 heterocycles. The van der Waals surface area contributed by atoms with E-state index < -0.39 is 42.6 Å². The van der Waals surface area contributed by atoms with Crippen LogP contribution in [-0.4, -0.2) is 85.1 Å². The van der Waals surface area contributed by atoms with Gasteiger partial charge in [-0.25, -0.2) is 9.59 Å². The molecule has 2 N–H and O–H groups in total. The van der Waals surface area contributed by atoms with Crippen LogP contribution in [0, 0.1) is 0 Å². The van der Waals surface area contributed by atoms with E-state index in [9.17, 15) is 19.5 Å². The lowest BCUT2D eigenvalue weighted by molar-refractivity contribution is -0.220. The van der Waals surface area contributed by atoms with Crippen LogP contribution in [0.1, 0.15) is 22.3 Å². The molecule has 0 radical (unpaired) electrons. The number of amides is 1. The Morgan fingerprint density at radius 3 is 1.63 bits per heavy atom. The first-order valence-corrected chi connectivity index (χ1v) is 16.9. The molecule has 5 rings (SSSR count). The molecule has 0 aromatic heterocycles. The molecule has 268 valence electrons. The summed E-state index contributed by atoms with van der Waals surface area (Å²) < 4.78 is 30.4. The van der Waals surface area contributed by atoms with Gasteiger partial charge in [-0.1, -0.05) is 121 Å². The third-order valence-corrected chi connectivity index (χ3v) is 8.36. The molecule has 4 aromatic rings. The van der Waals surface area contributed by atoms with E-state index in [-0.39, 0.29) is 26.4 Å². The Labute approximate surface area is 298 Å². The highest BCUT2D eigenvalue weighted by molar-refractivity contribution is 5.87. The molecule has 4 aromatic carbocycles. The van der Waals surface area contributed by atoms with Gasteiger partial charge in [0.25, 0.3) is 0 Å². The summed E-state index contributed by atoms with van der Waals surface area (Å²) in [5, 5.41) is 15.3. The number of ether oxygens (including phenoxy) is 5. The fraction of sp³-hybridized carbons (Fsp3) is 0.325. The van der Waals surface area contributed by atoms with Gasteiger partial charge in [0.2, 0.25) is 0 Å². The van der Waals surface area contributed by atoms with Crippen molar-refractivity contribution < 1.29 is 43.2 Å². The van der Waals surface area contributed by atoms with Crippen molar-refractivity contribution in [2.45, 2.75) is 50.3 Å². The Kier molecular flexibility index (Phi) is 14.4. The zero-order chi connectivity index (χ0) is 35.7. The predicted molar refractivity (Wildman–Crippen MR) is 188 cm³/mol. The Hall–Kier alpha value is -4.75. The molecule has 0 spiro atoms. The second kappa shape index (κ2) is 19.6. The highest BCUT2D eigenvalue weighted by Crippen LogP contribution is 2.27. The Balaban J connectivity index is 1.51. The number of aldehydes is 1. The molecule has 1 fully saturated rings. The number of nitrogens with one attached hydrogen (secondary N) is 1. The van der Waals surface area contributed by atoms with Gasteiger partial charge in [0, 0.05) is 26.2 Å². The van der Waals surface area contributed by atoms with Crippen LogP contribution in [0.25, 0.3) is 0 Å². The van der Waals surface area contributed by atoms with Crippen molar-refractivity contribution in [2.75, 3.05) is 32.8 Å². The first kappa shape index (κ1) is 37.5. The van der Waals surface area contributed by atoms with Crippen molar-refractivity contribution >= 4 is 18.3 Å². The second-order valence-electron chi connectivity index (χ2n) is 12.2. The van der Waals surface area contributed by atoms with Crippen LogP contribution in [0.4, 0.5) is 4.79 Å². The third kappa shape index (κ3) is 11.4. The summed E-state index contributed by atoms with van der Waals surface area (Å²) in [6, 6.07) is 36.8. The van der Waals surface area contributed by atoms with Gasteiger partial charge in [-0.15, -0.1) is 0 Å². The summed E-state index contributed by atoms with van der Waals surface area (Å²) in [6.45, 7) is 1.18. The summed E-state index contributed by atoms with van der Waals surface area (Å²) in [5.41, 5.74) is 0.683. The molecule has 1 saturated heterocycles. The predicted octanol–water partition coefficient (Wildman–Crippen LogP) is 4.46. The molecule has 1 aliphatic heterocycles. The van der Waals surface area contributed by atoms with E-state index in [0.29, 0.717) is 32.5 Å². The number of rotatable bonds is 18. The summed E-state index contributed by atoms with van der Waals surface area (Å²) in [6.07, 6.45) is -5.16. The third-order valence-electron chi connectivity index (χ3n) is 8.36. The highest BCUT2D eigenvalue weighted by atomic mass is 16.6. The van der Waals surface area contributed by atoms with E-state index in [1.54, 1.807) is 0 Å². The van der Waals surface area contributed by atoms with E-state index >= 15 is 0 Å². The van der Waals surface area contributed by atoms with E-state index in [0.717, 1.165) is 22.3 Å². The van der Waals surface area contributed by atoms with Crippen molar-refractivity contribution in [3.8, 4) is 0 Å². The zero-order valence-electron chi connectivity index (χ0n) is 28.4. The van der Waals surface area contributed by atoms with Crippen molar-refractivity contribution in [3.63, 3.8) is 0 Å². The van der Waals surface area contributed by atoms with Crippen LogP contribution >= 0.6 is 0 Å². The molecule has 1 amide bonds. The van der Waals surface area contributed by atoms with Gasteiger partial charge >= 0.3 is 12.1 Å². The Morgan fingerprint density at radius 2 is 1.14 bits per heavy atom. The number of nitrogens with zero attached hydrogens (tertiary/aromatic N) is 1. The van der Waals surface area contributed by atoms with Gasteiger partial charge < -0.3 is 39.0 Å². The quantitative estimate of drug-likeness (QED) is 0.0874. The molecule has 0 aliphatic carbocycles. The van der Waals surface area contributed by atoms with Crippen molar-refractivity contribution in [1.29, 1.82) is 0 Å². The lowest BCUT2D eigenvalue weighted by Gasteiger charge is -2.39. The molecule has 0 saturated carbocycles. The molecule has 1 aliphatic rings. The normalized spacial score (nSPS) is 16.0. The summed E-state index contributed by atoms with van der Waals surface area (Å²) >= 11 is 0. The van der Waals surface area contributed by atoms with Crippen LogP contribution in [0.3, 0.4) is 0 Å². The molecular weight excluding hydrogens is 652 g/mol. The van der Waals surface area contributed by atoms with Crippen molar-refractivity contribution in [3.05, 3.63) is 144 Å². The average Bonchev–Trinajstić information content (AvgIpc) is 3.18. The van der Waals surface area contributed by atoms with E-state index in [1.165, 1.54) is 4.90 Å². The molecule has 0 bridgehead atoms. The minimum Gasteiger partial charge on any atom is -0.377 e. The fourth-order valence-corrected chi connectivity index (χ4v) is 5.59. The average molecular weight is 697 g/mol. The van der Waals surface area contributed by atoms with Crippen LogP contribution in [-0.2, 0) is 59.7 Å². The Morgan fingerprint density at radius 1 is 0.686 bits per heavy atom. The second-order valence-corrected chi connectivity index (χ2v) is 12.2. The maximum absolute atomic E-state index is 14.1. The topological polar surface area (TPSA) is 133 Å². The van der Waals surface area contributed by atoms with Crippen molar-refractivity contribution in [2.24, 2.45) is 0 Å². The van der Waals surface area contributed by atoms with Gasteiger partial charge in [-0.05, 0) is 22.3 Å². The molecule has 11 nitrogen and oxygen atoms in total. The SMILES string of the molecule is O=CC(O)(COCc1ccccc1)C(OCc1ccccc1)C(OCc1ccccc1)C(OCc1ccccc1)C(=O)OC(=O)N1CCNCC1. The maximum Gasteiger partial charge on any atom is 0.417 e. The van der Waals surface area contributed by atoms with Gasteiger partial charge in [0.05, 0.1) is 33.0 Å². The van der Waals surface area contributed by atoms with E-state index in [4.69, 9.17) is 23.7 Å². The van der Waals surface area contributed by atoms with Gasteiger partial charge in [-0.2, -0.15) is 0 Å². The standard InChI is InChI=1S/C40H44N2O9/c43-29-40(46,30-47-25-31-13-5-1-6-14-31)37(50-28-34-19-11-4-12-20-34)35(48-26-32-15-7-2-8-16-32)36(49-27-33-17-9-3-10-18-33)38(44)51-39(45)42-23-21-41-22-24-42/h1-20,29,35-37,41,46H,21-28,30H2. The monoisotopic (exact) mass is 696 g/mol. The van der Waals surface area contributed by atoms with E-state index in [1.807, 2.05) is 121 Å². The van der Waals surface area contributed by atoms with Gasteiger partial charge in [-0.3, -0.25) is 4.79 Å². The number of esters is 1. The fourth-order valence-electron chi connectivity index (χ4n) is 5.59. The first-order valence-electron chi connectivity index (χ1n) is 16.9. The molecular formula is C40H44N2O9. The maximum atomic E-state index is 14.1. The summed E-state index contributed by atoms with van der Waals surface area (Å²) in [5.74, 6) is -1.06. The van der Waals surface area contributed by atoms with E-state index in [2.05, 4.69) is 5.32 Å². The highest BCUT2D eigenvalue weighted by Gasteiger charge is 2.50. The number of piperazine rings is 1. The molecule has 4 unspecified atom stereocenters. The number of aliphatic hydroxyl groups is 1. The van der Waals surface area contributed by atoms with Crippen LogP contribution < -0.4 is 5.32 Å². The number of carbonyl (C=O) groups excluding carboxylic acids is 3. The van der Waals surface area contributed by atoms with Crippen LogP contribution in [0.15, 0.2) is 121 Å². The van der Waals surface area contributed by atoms with Crippen molar-refractivity contribution in [1.82, 2.24) is 10.2 Å². The number of benzene rings is 4. The minimum absolute atomic E-state index is 0.0548.